The monoisotopic (exact) mass is 282 g/mol. The van der Waals surface area contributed by atoms with E-state index >= 15 is 0 Å². The van der Waals surface area contributed by atoms with E-state index in [2.05, 4.69) is 22.8 Å². The summed E-state index contributed by atoms with van der Waals surface area (Å²) in [7, 11) is 1.74. The van der Waals surface area contributed by atoms with E-state index in [9.17, 15) is 9.90 Å². The Morgan fingerprint density at radius 2 is 2.25 bits per heavy atom. The fraction of sp³-hybridized carbons (Fsp3) is 0.857. The Labute approximate surface area is 121 Å². The second-order valence-corrected chi connectivity index (χ2v) is 5.65. The average Bonchev–Trinajstić information content (AvgIpc) is 2.38. The van der Waals surface area contributed by atoms with Gasteiger partial charge in [-0.25, -0.2) is 0 Å². The molecule has 1 aliphatic rings. The standard InChI is InChI=1S/C14H26N4O2/c1-12-9-17(7-8-18(12)10-13(2)19)11-14(20)16(3)6-4-5-15/h12-13,19H,4,6-11H2,1-3H3/t12-,13-/m1/s1. The summed E-state index contributed by atoms with van der Waals surface area (Å²) in [4.78, 5) is 18.0. The first-order chi connectivity index (χ1) is 9.43. The van der Waals surface area contributed by atoms with Crippen LogP contribution in [0.5, 0.6) is 0 Å². The van der Waals surface area contributed by atoms with Crippen LogP contribution in [-0.2, 0) is 4.79 Å². The van der Waals surface area contributed by atoms with Crippen LogP contribution < -0.4 is 0 Å². The van der Waals surface area contributed by atoms with Crippen molar-refractivity contribution < 1.29 is 9.90 Å². The van der Waals surface area contributed by atoms with Crippen LogP contribution in [0.1, 0.15) is 20.3 Å². The third-order valence-electron chi connectivity index (χ3n) is 3.69. The van der Waals surface area contributed by atoms with E-state index in [1.807, 2.05) is 0 Å². The summed E-state index contributed by atoms with van der Waals surface area (Å²) >= 11 is 0. The summed E-state index contributed by atoms with van der Waals surface area (Å²) in [5.74, 6) is 0.0661. The van der Waals surface area contributed by atoms with Gasteiger partial charge in [-0.2, -0.15) is 5.26 Å². The number of aliphatic hydroxyl groups excluding tert-OH is 1. The fourth-order valence-electron chi connectivity index (χ4n) is 2.48. The maximum Gasteiger partial charge on any atom is 0.236 e. The molecule has 1 amide bonds. The minimum absolute atomic E-state index is 0.0661. The van der Waals surface area contributed by atoms with Gasteiger partial charge in [0.1, 0.15) is 0 Å². The molecule has 1 N–H and O–H groups in total. The quantitative estimate of drug-likeness (QED) is 0.727. The molecule has 2 atom stereocenters. The normalized spacial score (nSPS) is 22.2. The molecule has 0 saturated carbocycles. The Kier molecular flexibility index (Phi) is 6.93. The molecular weight excluding hydrogens is 256 g/mol. The van der Waals surface area contributed by atoms with Gasteiger partial charge in [0.05, 0.1) is 25.1 Å². The van der Waals surface area contributed by atoms with Gasteiger partial charge in [-0.3, -0.25) is 14.6 Å². The van der Waals surface area contributed by atoms with Crippen LogP contribution in [0, 0.1) is 11.3 Å². The maximum absolute atomic E-state index is 12.0. The van der Waals surface area contributed by atoms with E-state index in [-0.39, 0.29) is 12.0 Å². The van der Waals surface area contributed by atoms with Crippen molar-refractivity contribution in [2.45, 2.75) is 32.4 Å². The first kappa shape index (κ1) is 16.9. The van der Waals surface area contributed by atoms with Crippen molar-refractivity contribution in [1.29, 1.82) is 5.26 Å². The van der Waals surface area contributed by atoms with Gasteiger partial charge in [-0.1, -0.05) is 0 Å². The largest absolute Gasteiger partial charge is 0.392 e. The number of hydrogen-bond donors (Lipinski definition) is 1. The van der Waals surface area contributed by atoms with Crippen molar-refractivity contribution in [3.05, 3.63) is 0 Å². The third-order valence-corrected chi connectivity index (χ3v) is 3.69. The molecule has 0 aromatic carbocycles. The molecule has 1 fully saturated rings. The molecule has 0 spiro atoms. The van der Waals surface area contributed by atoms with Gasteiger partial charge in [-0.15, -0.1) is 0 Å². The number of rotatable bonds is 6. The van der Waals surface area contributed by atoms with Crippen molar-refractivity contribution >= 4 is 5.91 Å². The minimum atomic E-state index is -0.317. The number of amides is 1. The lowest BCUT2D eigenvalue weighted by Gasteiger charge is -2.40. The first-order valence-electron chi connectivity index (χ1n) is 7.19. The van der Waals surface area contributed by atoms with Crippen LogP contribution >= 0.6 is 0 Å². The topological polar surface area (TPSA) is 70.8 Å². The number of carbonyl (C=O) groups excluding carboxylic acids is 1. The smallest absolute Gasteiger partial charge is 0.236 e. The second-order valence-electron chi connectivity index (χ2n) is 5.65. The molecule has 114 valence electrons. The highest BCUT2D eigenvalue weighted by Gasteiger charge is 2.26. The highest BCUT2D eigenvalue weighted by molar-refractivity contribution is 5.78. The van der Waals surface area contributed by atoms with Crippen LogP contribution in [-0.4, -0.2) is 84.2 Å². The molecule has 0 bridgehead atoms. The molecule has 1 rings (SSSR count). The molecule has 1 heterocycles. The average molecular weight is 282 g/mol. The predicted octanol–water partition coefficient (Wildman–Crippen LogP) is -0.255. The van der Waals surface area contributed by atoms with Gasteiger partial charge in [-0.05, 0) is 13.8 Å². The predicted molar refractivity (Wildman–Crippen MR) is 77.0 cm³/mol. The number of hydrogen-bond acceptors (Lipinski definition) is 5. The molecule has 20 heavy (non-hydrogen) atoms. The molecule has 0 aromatic heterocycles. The van der Waals surface area contributed by atoms with E-state index in [4.69, 9.17) is 5.26 Å². The number of likely N-dealkylation sites (N-methyl/N-ethyl adjacent to an activating group) is 1. The van der Waals surface area contributed by atoms with Crippen molar-refractivity contribution in [2.24, 2.45) is 0 Å². The number of carbonyl (C=O) groups is 1. The summed E-state index contributed by atoms with van der Waals surface area (Å²) in [6.07, 6.45) is 0.0589. The number of piperazine rings is 1. The Hall–Kier alpha value is -1.16. The van der Waals surface area contributed by atoms with E-state index < -0.39 is 0 Å². The zero-order chi connectivity index (χ0) is 15.1. The van der Waals surface area contributed by atoms with Crippen molar-refractivity contribution in [3.63, 3.8) is 0 Å². The maximum atomic E-state index is 12.0. The van der Waals surface area contributed by atoms with Gasteiger partial charge in [0.25, 0.3) is 0 Å². The molecule has 1 saturated heterocycles. The van der Waals surface area contributed by atoms with E-state index in [0.29, 0.717) is 32.1 Å². The first-order valence-corrected chi connectivity index (χ1v) is 7.19. The summed E-state index contributed by atoms with van der Waals surface area (Å²) < 4.78 is 0. The van der Waals surface area contributed by atoms with Gasteiger partial charge in [0.2, 0.25) is 5.91 Å². The highest BCUT2D eigenvalue weighted by Crippen LogP contribution is 2.10. The Bertz CT molecular complexity index is 354. The van der Waals surface area contributed by atoms with Crippen LogP contribution in [0.4, 0.5) is 0 Å². The van der Waals surface area contributed by atoms with E-state index in [1.54, 1.807) is 18.9 Å². The zero-order valence-electron chi connectivity index (χ0n) is 12.7. The van der Waals surface area contributed by atoms with Crippen molar-refractivity contribution in [1.82, 2.24) is 14.7 Å². The van der Waals surface area contributed by atoms with Crippen molar-refractivity contribution in [2.75, 3.05) is 46.3 Å². The second kappa shape index (κ2) is 8.20. The van der Waals surface area contributed by atoms with Crippen LogP contribution in [0.2, 0.25) is 0 Å². The fourth-order valence-corrected chi connectivity index (χ4v) is 2.48. The summed E-state index contributed by atoms with van der Waals surface area (Å²) in [6.45, 7) is 8.07. The minimum Gasteiger partial charge on any atom is -0.392 e. The molecule has 0 unspecified atom stereocenters. The Morgan fingerprint density at radius 1 is 1.55 bits per heavy atom. The number of nitrogens with zero attached hydrogens (tertiary/aromatic N) is 4. The number of β-amino-alcohol motifs (C(OH)–C–C–N with tert-alkyl or cyclic N) is 1. The van der Waals surface area contributed by atoms with Crippen LogP contribution in [0.15, 0.2) is 0 Å². The molecule has 0 aliphatic carbocycles. The Morgan fingerprint density at radius 3 is 2.80 bits per heavy atom. The van der Waals surface area contributed by atoms with Crippen LogP contribution in [0.3, 0.4) is 0 Å². The number of aliphatic hydroxyl groups is 1. The molecule has 0 aromatic rings. The highest BCUT2D eigenvalue weighted by atomic mass is 16.3. The van der Waals surface area contributed by atoms with Gasteiger partial charge in [0, 0.05) is 45.8 Å². The van der Waals surface area contributed by atoms with Gasteiger partial charge in [0.15, 0.2) is 0 Å². The summed E-state index contributed by atoms with van der Waals surface area (Å²) in [5, 5.41) is 18.0. The molecule has 6 nitrogen and oxygen atoms in total. The lowest BCUT2D eigenvalue weighted by Crippen LogP contribution is -2.55. The summed E-state index contributed by atoms with van der Waals surface area (Å²) in [6, 6.07) is 2.39. The lowest BCUT2D eigenvalue weighted by atomic mass is 10.1. The molecule has 6 heteroatoms. The van der Waals surface area contributed by atoms with Crippen LogP contribution in [0.25, 0.3) is 0 Å². The van der Waals surface area contributed by atoms with Crippen molar-refractivity contribution in [3.8, 4) is 6.07 Å². The van der Waals surface area contributed by atoms with Gasteiger partial charge < -0.3 is 10.0 Å². The lowest BCUT2D eigenvalue weighted by molar-refractivity contribution is -0.131. The molecular formula is C14H26N4O2. The van der Waals surface area contributed by atoms with E-state index in [0.717, 1.165) is 19.6 Å². The van der Waals surface area contributed by atoms with E-state index in [1.165, 1.54) is 0 Å². The SMILES string of the molecule is C[C@@H]1CN(CC(=O)N(C)CCC#N)CCN1C[C@@H](C)O. The molecule has 1 aliphatic heterocycles. The Balaban J connectivity index is 2.37. The molecule has 0 radical (unpaired) electrons. The summed E-state index contributed by atoms with van der Waals surface area (Å²) in [5.41, 5.74) is 0. The zero-order valence-corrected chi connectivity index (χ0v) is 12.7. The number of nitriles is 1. The van der Waals surface area contributed by atoms with Gasteiger partial charge >= 0.3 is 0 Å². The third kappa shape index (κ3) is 5.45.